The molecule has 0 amide bonds. The molecule has 1 aromatic rings. The molecule has 0 aliphatic rings. The molecule has 0 saturated heterocycles. The predicted molar refractivity (Wildman–Crippen MR) is 40.1 cm³/mol. The number of nitrogens with zero attached hydrogens (tertiary/aromatic N) is 1. The maximum Gasteiger partial charge on any atom is 0.294 e. The maximum atomic E-state index is 12.6. The van der Waals surface area contributed by atoms with Gasteiger partial charge in [-0.05, 0) is 12.1 Å². The monoisotopic (exact) mass is 153 g/mol. The zero-order valence-corrected chi connectivity index (χ0v) is 5.86. The molecule has 0 radical (unpaired) electrons. The normalized spacial score (nSPS) is 8.10. The van der Waals surface area contributed by atoms with Crippen LogP contribution in [0.3, 0.4) is 0 Å². The van der Waals surface area contributed by atoms with Gasteiger partial charge in [0.2, 0.25) is 0 Å². The highest BCUT2D eigenvalue weighted by Gasteiger charge is 1.99. The van der Waals surface area contributed by atoms with Gasteiger partial charge in [-0.1, -0.05) is 12.1 Å². The average molecular weight is 153 g/mol. The molecule has 0 fully saturated rings. The lowest BCUT2D eigenvalue weighted by Crippen LogP contribution is -1.79. The van der Waals surface area contributed by atoms with Crippen LogP contribution in [0.5, 0.6) is 0 Å². The molecule has 0 aliphatic carbocycles. The highest BCUT2D eigenvalue weighted by atomic mass is 32.1. The van der Waals surface area contributed by atoms with Crippen molar-refractivity contribution in [3.8, 4) is 6.07 Å². The van der Waals surface area contributed by atoms with Crippen LogP contribution in [0.1, 0.15) is 5.56 Å². The molecule has 1 nitrogen and oxygen atoms in total. The van der Waals surface area contributed by atoms with E-state index in [1.165, 1.54) is 6.07 Å². The van der Waals surface area contributed by atoms with Crippen LogP contribution in [0.25, 0.3) is 4.25 Å². The van der Waals surface area contributed by atoms with E-state index in [1.807, 2.05) is 0 Å². The Kier molecular flexibility index (Phi) is 2.19. The molecule has 0 bridgehead atoms. The van der Waals surface area contributed by atoms with Gasteiger partial charge < -0.3 is 0 Å². The predicted octanol–water partition coefficient (Wildman–Crippen LogP) is 1.97. The summed E-state index contributed by atoms with van der Waals surface area (Å²) in [6, 6.07) is 8.54. The Labute approximate surface area is 63.9 Å². The van der Waals surface area contributed by atoms with Gasteiger partial charge in [0, 0.05) is 0 Å². The lowest BCUT2D eigenvalue weighted by atomic mass is 10.2. The van der Waals surface area contributed by atoms with Gasteiger partial charge in [-0.3, -0.25) is 12.8 Å². The smallest absolute Gasteiger partial charge is 0.263 e. The van der Waals surface area contributed by atoms with Gasteiger partial charge >= 0.3 is 0 Å². The molecule has 0 aromatic heterocycles. The van der Waals surface area contributed by atoms with E-state index in [4.69, 9.17) is 0 Å². The van der Waals surface area contributed by atoms with E-state index in [-0.39, 0.29) is 5.82 Å². The fourth-order valence-electron chi connectivity index (χ4n) is 0.601. The molecule has 0 aliphatic heterocycles. The van der Waals surface area contributed by atoms with Crippen LogP contribution in [-0.4, -0.2) is 0 Å². The molecule has 0 saturated carbocycles. The molecular weight excluding hydrogens is 149 g/mol. The highest BCUT2D eigenvalue weighted by Crippen LogP contribution is 2.03. The van der Waals surface area contributed by atoms with Crippen molar-refractivity contribution in [2.45, 2.75) is 0 Å². The third-order valence-electron chi connectivity index (χ3n) is 1.04. The van der Waals surface area contributed by atoms with Crippen LogP contribution in [0.15, 0.2) is 24.3 Å². The van der Waals surface area contributed by atoms with Gasteiger partial charge in [0.05, 0.1) is 0 Å². The van der Waals surface area contributed by atoms with Crippen LogP contribution in [0.4, 0.5) is 4.39 Å². The molecule has 0 N–H and O–H groups in total. The molecular formula is C7H4FNS. The maximum absolute atomic E-state index is 12.6. The van der Waals surface area contributed by atoms with Gasteiger partial charge in [0.1, 0.15) is 11.4 Å². The summed E-state index contributed by atoms with van der Waals surface area (Å²) in [6.45, 7) is 0. The van der Waals surface area contributed by atoms with Gasteiger partial charge in [-0.25, -0.2) is 4.39 Å². The largest absolute Gasteiger partial charge is 0.294 e. The summed E-state index contributed by atoms with van der Waals surface area (Å²) in [6.07, 6.45) is 0. The molecule has 1 aromatic carbocycles. The fraction of sp³-hybridized carbons (Fsp3) is 0. The number of benzene rings is 1. The number of halogens is 1. The molecule has 1 rings (SSSR count). The summed E-state index contributed by atoms with van der Waals surface area (Å²) in [5, 5.41) is 0. The third kappa shape index (κ3) is 1.42. The first-order valence-corrected chi connectivity index (χ1v) is 3.04. The quantitative estimate of drug-likeness (QED) is 0.515. The highest BCUT2D eigenvalue weighted by molar-refractivity contribution is 7.61. The van der Waals surface area contributed by atoms with Crippen LogP contribution < -0.4 is 0 Å². The molecule has 0 spiro atoms. The second-order valence-electron chi connectivity index (χ2n) is 1.68. The van der Waals surface area contributed by atoms with E-state index in [0.29, 0.717) is 5.56 Å². The van der Waals surface area contributed by atoms with E-state index in [9.17, 15) is 4.39 Å². The van der Waals surface area contributed by atoms with E-state index >= 15 is 0 Å². The molecule has 0 unspecified atom stereocenters. The van der Waals surface area contributed by atoms with Gasteiger partial charge in [-0.2, -0.15) is 4.25 Å². The Bertz CT molecular complexity index is 287. The van der Waals surface area contributed by atoms with Crippen molar-refractivity contribution in [3.63, 3.8) is 0 Å². The Morgan fingerprint density at radius 2 is 2.10 bits per heavy atom. The Morgan fingerprint density at radius 3 is 2.70 bits per heavy atom. The molecule has 10 heavy (non-hydrogen) atoms. The van der Waals surface area contributed by atoms with E-state index in [1.54, 1.807) is 18.2 Å². The third-order valence-corrected chi connectivity index (χ3v) is 1.13. The summed E-state index contributed by atoms with van der Waals surface area (Å²) >= 11 is 4.24. The molecule has 3 heteroatoms. The summed E-state index contributed by atoms with van der Waals surface area (Å²) in [5.74, 6) is -0.351. The van der Waals surface area contributed by atoms with E-state index in [2.05, 4.69) is 23.1 Å². The van der Waals surface area contributed by atoms with Gasteiger partial charge in [-0.15, -0.1) is 0 Å². The lowest BCUT2D eigenvalue weighted by molar-refractivity contribution is 0.624. The van der Waals surface area contributed by atoms with Crippen molar-refractivity contribution in [2.75, 3.05) is 0 Å². The average Bonchev–Trinajstić information content (AvgIpc) is 1.94. The zero-order chi connectivity index (χ0) is 7.40. The minimum atomic E-state index is -0.351. The number of rotatable bonds is 0. The Balaban J connectivity index is 3.11. The van der Waals surface area contributed by atoms with Crippen molar-refractivity contribution in [3.05, 3.63) is 39.9 Å². The Morgan fingerprint density at radius 1 is 1.40 bits per heavy atom. The van der Waals surface area contributed by atoms with Gasteiger partial charge in [0.25, 0.3) is 6.07 Å². The first kappa shape index (κ1) is 6.97. The van der Waals surface area contributed by atoms with Crippen molar-refractivity contribution in [1.82, 2.24) is 0 Å². The first-order chi connectivity index (χ1) is 4.84. The van der Waals surface area contributed by atoms with Gasteiger partial charge in [0.15, 0.2) is 0 Å². The second-order valence-corrected chi connectivity index (χ2v) is 1.87. The molecule has 0 atom stereocenters. The minimum Gasteiger partial charge on any atom is -0.263 e. The lowest BCUT2D eigenvalue weighted by Gasteiger charge is -1.85. The van der Waals surface area contributed by atoms with Crippen molar-refractivity contribution < 1.29 is 4.39 Å². The minimum absolute atomic E-state index is 0.303. The van der Waals surface area contributed by atoms with Crippen molar-refractivity contribution in [2.24, 2.45) is 0 Å². The summed E-state index contributed by atoms with van der Waals surface area (Å²) in [5.41, 5.74) is 0.303. The second kappa shape index (κ2) is 3.14. The summed E-state index contributed by atoms with van der Waals surface area (Å²) < 4.78 is 15.8. The molecule has 50 valence electrons. The van der Waals surface area contributed by atoms with Crippen molar-refractivity contribution in [1.29, 1.82) is 0 Å². The molecule has 0 heterocycles. The number of hydrogen-bond acceptors (Lipinski definition) is 1. The zero-order valence-electron chi connectivity index (χ0n) is 5.04. The van der Waals surface area contributed by atoms with E-state index < -0.39 is 0 Å². The topological polar surface area (TPSA) is 4.36 Å². The fourth-order valence-corrected chi connectivity index (χ4v) is 0.699. The van der Waals surface area contributed by atoms with Crippen LogP contribution >= 0.6 is 0 Å². The van der Waals surface area contributed by atoms with Crippen LogP contribution in [-0.2, 0) is 12.8 Å². The SMILES string of the molecule is Fc1ccccc1C#[N+][S-]. The van der Waals surface area contributed by atoms with Crippen LogP contribution in [0, 0.1) is 11.9 Å². The summed E-state index contributed by atoms with van der Waals surface area (Å²) in [7, 11) is 0. The van der Waals surface area contributed by atoms with Crippen LogP contribution in [0.2, 0.25) is 0 Å². The number of hydrogen-bond donors (Lipinski definition) is 0. The first-order valence-electron chi connectivity index (χ1n) is 2.67. The van der Waals surface area contributed by atoms with Crippen molar-refractivity contribution >= 4 is 12.8 Å². The standard InChI is InChI=1S/C7H4FNS/c8-7-4-2-1-3-6(7)5-9-10/h1-4H. The summed E-state index contributed by atoms with van der Waals surface area (Å²) in [4.78, 5) is 0. The Hall–Kier alpha value is -1.14. The van der Waals surface area contributed by atoms with E-state index in [0.717, 1.165) is 0 Å².